The van der Waals surface area contributed by atoms with Gasteiger partial charge < -0.3 is 15.0 Å². The molecule has 0 saturated heterocycles. The molecule has 0 bridgehead atoms. The van der Waals surface area contributed by atoms with Crippen LogP contribution < -0.4 is 5.32 Å². The third kappa shape index (κ3) is 3.63. The summed E-state index contributed by atoms with van der Waals surface area (Å²) < 4.78 is 5.79. The minimum absolute atomic E-state index is 0. The van der Waals surface area contributed by atoms with Crippen molar-refractivity contribution in [3.05, 3.63) is 89.2 Å². The lowest BCUT2D eigenvalue weighted by Crippen LogP contribution is -2.33. The van der Waals surface area contributed by atoms with E-state index in [9.17, 15) is 0 Å². The van der Waals surface area contributed by atoms with Gasteiger partial charge >= 0.3 is 0 Å². The van der Waals surface area contributed by atoms with Crippen LogP contribution in [0.15, 0.2) is 67.0 Å². The van der Waals surface area contributed by atoms with Crippen molar-refractivity contribution >= 4 is 23.4 Å². The maximum absolute atomic E-state index is 5.79. The highest BCUT2D eigenvalue weighted by atomic mass is 35.5. The van der Waals surface area contributed by atoms with Crippen molar-refractivity contribution in [1.82, 2.24) is 15.3 Å². The molecule has 5 rings (SSSR count). The predicted octanol–water partition coefficient (Wildman–Crippen LogP) is 5.36. The van der Waals surface area contributed by atoms with Crippen LogP contribution in [0, 0.1) is 6.92 Å². The number of benzene rings is 3. The van der Waals surface area contributed by atoms with Crippen molar-refractivity contribution < 1.29 is 4.74 Å². The zero-order valence-electron chi connectivity index (χ0n) is 17.2. The topological polar surface area (TPSA) is 49.9 Å². The number of H-pyrrole nitrogens is 1. The zero-order chi connectivity index (χ0) is 19.8. The van der Waals surface area contributed by atoms with Gasteiger partial charge in [0.2, 0.25) is 0 Å². The van der Waals surface area contributed by atoms with Crippen LogP contribution in [0.25, 0.3) is 22.2 Å². The van der Waals surface area contributed by atoms with Crippen molar-refractivity contribution in [1.29, 1.82) is 0 Å². The van der Waals surface area contributed by atoms with E-state index < -0.39 is 0 Å². The Kier molecular flexibility index (Phi) is 5.91. The lowest BCUT2D eigenvalue weighted by atomic mass is 9.98. The van der Waals surface area contributed by atoms with Crippen LogP contribution in [-0.4, -0.2) is 23.1 Å². The molecular weight excluding hydrogens is 394 g/mol. The maximum atomic E-state index is 5.79. The predicted molar refractivity (Wildman–Crippen MR) is 124 cm³/mol. The first kappa shape index (κ1) is 20.6. The number of ether oxygens (including phenoxy) is 1. The second kappa shape index (κ2) is 8.60. The highest BCUT2D eigenvalue weighted by molar-refractivity contribution is 5.86. The molecule has 2 atom stereocenters. The van der Waals surface area contributed by atoms with E-state index >= 15 is 0 Å². The number of nitrogens with one attached hydrogen (secondary N) is 2. The fraction of sp³-hybridized carbons (Fsp3) is 0.240. The first-order valence-electron chi connectivity index (χ1n) is 10.1. The fourth-order valence-electron chi connectivity index (χ4n) is 4.54. The molecule has 0 saturated carbocycles. The van der Waals surface area contributed by atoms with E-state index in [1.165, 1.54) is 33.4 Å². The second-order valence-corrected chi connectivity index (χ2v) is 7.78. The van der Waals surface area contributed by atoms with Gasteiger partial charge in [-0.1, -0.05) is 54.6 Å². The Labute approximate surface area is 183 Å². The van der Waals surface area contributed by atoms with Gasteiger partial charge in [-0.2, -0.15) is 0 Å². The first-order chi connectivity index (χ1) is 14.2. The van der Waals surface area contributed by atoms with Crippen LogP contribution in [0.4, 0.5) is 0 Å². The van der Waals surface area contributed by atoms with Gasteiger partial charge in [0, 0.05) is 19.7 Å². The number of hydrogen-bond acceptors (Lipinski definition) is 3. The van der Waals surface area contributed by atoms with Crippen molar-refractivity contribution in [3.8, 4) is 11.1 Å². The Morgan fingerprint density at radius 2 is 1.87 bits per heavy atom. The number of aromatic amines is 1. The Morgan fingerprint density at radius 3 is 2.67 bits per heavy atom. The van der Waals surface area contributed by atoms with Crippen molar-refractivity contribution in [2.24, 2.45) is 0 Å². The SMILES string of the molecule is CO[C@@H]1c2ccccc2C[C@@H]1NCc1ccc(-c2ccc3[nH]cnc3c2C)cc1.Cl. The van der Waals surface area contributed by atoms with Gasteiger partial charge in [0.15, 0.2) is 0 Å². The molecule has 0 radical (unpaired) electrons. The third-order valence-corrected chi connectivity index (χ3v) is 6.10. The van der Waals surface area contributed by atoms with E-state index in [2.05, 4.69) is 82.9 Å². The largest absolute Gasteiger partial charge is 0.375 e. The van der Waals surface area contributed by atoms with E-state index in [4.69, 9.17) is 4.74 Å². The van der Waals surface area contributed by atoms with E-state index in [1.807, 2.05) is 0 Å². The Balaban J connectivity index is 0.00000218. The molecule has 0 fully saturated rings. The number of hydrogen-bond donors (Lipinski definition) is 2. The third-order valence-electron chi connectivity index (χ3n) is 6.10. The molecule has 0 spiro atoms. The van der Waals surface area contributed by atoms with Crippen molar-refractivity contribution in [2.75, 3.05) is 7.11 Å². The quantitative estimate of drug-likeness (QED) is 0.457. The van der Waals surface area contributed by atoms with Crippen LogP contribution >= 0.6 is 12.4 Å². The summed E-state index contributed by atoms with van der Waals surface area (Å²) in [6.07, 6.45) is 2.88. The van der Waals surface area contributed by atoms with E-state index in [-0.39, 0.29) is 18.5 Å². The minimum atomic E-state index is 0. The first-order valence-corrected chi connectivity index (χ1v) is 10.1. The summed E-state index contributed by atoms with van der Waals surface area (Å²) in [5.74, 6) is 0. The second-order valence-electron chi connectivity index (χ2n) is 7.78. The molecule has 4 aromatic rings. The van der Waals surface area contributed by atoms with Gasteiger partial charge in [-0.15, -0.1) is 12.4 Å². The van der Waals surface area contributed by atoms with E-state index in [0.29, 0.717) is 6.04 Å². The summed E-state index contributed by atoms with van der Waals surface area (Å²) in [6.45, 7) is 2.97. The van der Waals surface area contributed by atoms with Gasteiger partial charge in [-0.25, -0.2) is 4.98 Å². The smallest absolute Gasteiger partial charge is 0.0980 e. The van der Waals surface area contributed by atoms with Gasteiger partial charge in [0.25, 0.3) is 0 Å². The Morgan fingerprint density at radius 1 is 1.07 bits per heavy atom. The van der Waals surface area contributed by atoms with Crippen LogP contribution in [0.2, 0.25) is 0 Å². The molecule has 1 aromatic heterocycles. The average Bonchev–Trinajstić information content (AvgIpc) is 3.37. The molecule has 154 valence electrons. The summed E-state index contributed by atoms with van der Waals surface area (Å²) in [5.41, 5.74) is 9.76. The number of methoxy groups -OCH3 is 1. The summed E-state index contributed by atoms with van der Waals surface area (Å²) in [4.78, 5) is 7.63. The minimum Gasteiger partial charge on any atom is -0.375 e. The van der Waals surface area contributed by atoms with Crippen LogP contribution in [-0.2, 0) is 17.7 Å². The number of imidazole rings is 1. The number of nitrogens with zero attached hydrogens (tertiary/aromatic N) is 1. The molecule has 1 aliphatic carbocycles. The maximum Gasteiger partial charge on any atom is 0.0980 e. The molecular formula is C25H26ClN3O. The van der Waals surface area contributed by atoms with Crippen molar-refractivity contribution in [2.45, 2.75) is 32.0 Å². The number of aryl methyl sites for hydroxylation is 1. The molecule has 30 heavy (non-hydrogen) atoms. The lowest BCUT2D eigenvalue weighted by molar-refractivity contribution is 0.0777. The lowest BCUT2D eigenvalue weighted by Gasteiger charge is -2.20. The van der Waals surface area contributed by atoms with E-state index in [0.717, 1.165) is 24.0 Å². The number of fused-ring (bicyclic) bond motifs is 2. The highest BCUT2D eigenvalue weighted by Crippen LogP contribution is 2.34. The molecule has 3 aromatic carbocycles. The zero-order valence-corrected chi connectivity index (χ0v) is 18.0. The Hall–Kier alpha value is -2.66. The molecule has 1 aliphatic rings. The highest BCUT2D eigenvalue weighted by Gasteiger charge is 2.31. The van der Waals surface area contributed by atoms with Crippen LogP contribution in [0.5, 0.6) is 0 Å². The molecule has 4 nitrogen and oxygen atoms in total. The molecule has 2 N–H and O–H groups in total. The monoisotopic (exact) mass is 419 g/mol. The van der Waals surface area contributed by atoms with Crippen LogP contribution in [0.3, 0.4) is 0 Å². The van der Waals surface area contributed by atoms with Crippen LogP contribution in [0.1, 0.15) is 28.4 Å². The van der Waals surface area contributed by atoms with Gasteiger partial charge in [0.1, 0.15) is 0 Å². The van der Waals surface area contributed by atoms with E-state index in [1.54, 1.807) is 13.4 Å². The van der Waals surface area contributed by atoms with Gasteiger partial charge in [-0.05, 0) is 52.8 Å². The number of aromatic nitrogens is 2. The fourth-order valence-corrected chi connectivity index (χ4v) is 4.54. The number of halogens is 1. The molecule has 0 amide bonds. The molecule has 0 unspecified atom stereocenters. The van der Waals surface area contributed by atoms with Gasteiger partial charge in [0.05, 0.1) is 23.5 Å². The summed E-state index contributed by atoms with van der Waals surface area (Å²) in [7, 11) is 1.80. The molecule has 1 heterocycles. The summed E-state index contributed by atoms with van der Waals surface area (Å²) >= 11 is 0. The van der Waals surface area contributed by atoms with Gasteiger partial charge in [-0.3, -0.25) is 0 Å². The average molecular weight is 420 g/mol. The Bertz CT molecular complexity index is 1150. The van der Waals surface area contributed by atoms with Crippen molar-refractivity contribution in [3.63, 3.8) is 0 Å². The number of rotatable bonds is 5. The summed E-state index contributed by atoms with van der Waals surface area (Å²) in [5, 5.41) is 3.70. The molecule has 5 heteroatoms. The standard InChI is InChI=1S/C25H25N3O.ClH/c1-16-20(11-12-22-24(16)28-15-27-22)18-9-7-17(8-10-18)14-26-23-13-19-5-3-4-6-21(19)25(23)29-2;/h3-12,15,23,25-26H,13-14H2,1-2H3,(H,27,28);1H/t23-,25+;/m0./s1. The summed E-state index contributed by atoms with van der Waals surface area (Å²) in [6, 6.07) is 22.0. The molecule has 0 aliphatic heterocycles. The normalized spacial score (nSPS) is 17.7.